The third-order valence-electron chi connectivity index (χ3n) is 3.89. The highest BCUT2D eigenvalue weighted by molar-refractivity contribution is 6.32. The van der Waals surface area contributed by atoms with Gasteiger partial charge in [-0.3, -0.25) is 0 Å². The van der Waals surface area contributed by atoms with Gasteiger partial charge in [-0.15, -0.1) is 0 Å². The van der Waals surface area contributed by atoms with Crippen molar-refractivity contribution < 1.29 is 27.9 Å². The van der Waals surface area contributed by atoms with Gasteiger partial charge in [-0.05, 0) is 30.7 Å². The molecule has 9 heteroatoms. The van der Waals surface area contributed by atoms with E-state index < -0.39 is 5.97 Å². The van der Waals surface area contributed by atoms with Gasteiger partial charge in [0.25, 0.3) is 5.89 Å². The monoisotopic (exact) mass is 390 g/mol. The van der Waals surface area contributed by atoms with E-state index in [4.69, 9.17) is 30.3 Å². The standard InChI is InChI=1S/C18H12ClFN2O5/c1-9-2-3-10(5-13(9)20)17-21-15(27-22-17)7-24-18(23)11-4-12(19)16-14(6-11)25-8-26-16/h2-6H,7-8H2,1H3. The van der Waals surface area contributed by atoms with Crippen LogP contribution in [-0.4, -0.2) is 22.9 Å². The van der Waals surface area contributed by atoms with Crippen LogP contribution < -0.4 is 9.47 Å². The summed E-state index contributed by atoms with van der Waals surface area (Å²) in [5, 5.41) is 4.02. The zero-order valence-electron chi connectivity index (χ0n) is 14.0. The summed E-state index contributed by atoms with van der Waals surface area (Å²) in [5.74, 6) is 0.0227. The maximum Gasteiger partial charge on any atom is 0.338 e. The van der Waals surface area contributed by atoms with Crippen molar-refractivity contribution in [2.45, 2.75) is 13.5 Å². The molecule has 0 radical (unpaired) electrons. The molecule has 3 aromatic rings. The van der Waals surface area contributed by atoms with Crippen molar-refractivity contribution in [1.29, 1.82) is 0 Å². The molecule has 0 unspecified atom stereocenters. The van der Waals surface area contributed by atoms with Crippen molar-refractivity contribution in [3.8, 4) is 22.9 Å². The first kappa shape index (κ1) is 17.3. The van der Waals surface area contributed by atoms with E-state index in [-0.39, 0.29) is 41.5 Å². The van der Waals surface area contributed by atoms with Crippen molar-refractivity contribution in [3.05, 3.63) is 58.2 Å². The van der Waals surface area contributed by atoms with E-state index in [0.717, 1.165) is 0 Å². The molecule has 7 nitrogen and oxygen atoms in total. The van der Waals surface area contributed by atoms with Crippen LogP contribution in [0, 0.1) is 12.7 Å². The van der Waals surface area contributed by atoms with Crippen LogP contribution in [0.4, 0.5) is 4.39 Å². The molecular weight excluding hydrogens is 379 g/mol. The summed E-state index contributed by atoms with van der Waals surface area (Å²) in [5.41, 5.74) is 1.17. The lowest BCUT2D eigenvalue weighted by Gasteiger charge is -2.04. The minimum Gasteiger partial charge on any atom is -0.454 e. The van der Waals surface area contributed by atoms with Gasteiger partial charge in [0.2, 0.25) is 12.6 Å². The number of ether oxygens (including phenoxy) is 3. The Morgan fingerprint density at radius 1 is 1.30 bits per heavy atom. The predicted octanol–water partition coefficient (Wildman–Crippen LogP) is 3.92. The van der Waals surface area contributed by atoms with E-state index >= 15 is 0 Å². The second kappa shape index (κ2) is 6.88. The average molecular weight is 391 g/mol. The van der Waals surface area contributed by atoms with E-state index in [1.165, 1.54) is 18.2 Å². The Labute approximate surface area is 157 Å². The number of nitrogens with zero attached hydrogens (tertiary/aromatic N) is 2. The summed E-state index contributed by atoms with van der Waals surface area (Å²) in [7, 11) is 0. The number of aryl methyl sites for hydroxylation is 1. The molecule has 2 heterocycles. The molecule has 0 fully saturated rings. The van der Waals surface area contributed by atoms with Gasteiger partial charge in [-0.2, -0.15) is 4.98 Å². The summed E-state index contributed by atoms with van der Waals surface area (Å²) in [6.07, 6.45) is 0. The Morgan fingerprint density at radius 2 is 2.15 bits per heavy atom. The van der Waals surface area contributed by atoms with Crippen LogP contribution in [-0.2, 0) is 11.3 Å². The maximum absolute atomic E-state index is 13.7. The molecule has 27 heavy (non-hydrogen) atoms. The lowest BCUT2D eigenvalue weighted by molar-refractivity contribution is 0.0429. The van der Waals surface area contributed by atoms with Gasteiger partial charge in [-0.1, -0.05) is 28.9 Å². The van der Waals surface area contributed by atoms with Crippen molar-refractivity contribution in [2.24, 2.45) is 0 Å². The van der Waals surface area contributed by atoms with E-state index in [1.807, 2.05) is 0 Å². The second-order valence-electron chi connectivity index (χ2n) is 5.74. The smallest absolute Gasteiger partial charge is 0.338 e. The Kier molecular flexibility index (Phi) is 4.41. The molecule has 0 saturated carbocycles. The number of carbonyl (C=O) groups excluding carboxylic acids is 1. The molecule has 0 spiro atoms. The van der Waals surface area contributed by atoms with E-state index in [2.05, 4.69) is 10.1 Å². The molecule has 0 bridgehead atoms. The van der Waals surface area contributed by atoms with Crippen molar-refractivity contribution in [1.82, 2.24) is 10.1 Å². The van der Waals surface area contributed by atoms with Gasteiger partial charge >= 0.3 is 5.97 Å². The number of hydrogen-bond donors (Lipinski definition) is 0. The average Bonchev–Trinajstić information content (AvgIpc) is 3.31. The Balaban J connectivity index is 1.45. The number of fused-ring (bicyclic) bond motifs is 1. The van der Waals surface area contributed by atoms with E-state index in [9.17, 15) is 9.18 Å². The van der Waals surface area contributed by atoms with Gasteiger partial charge in [0, 0.05) is 5.56 Å². The summed E-state index contributed by atoms with van der Waals surface area (Å²) < 4.78 is 34.3. The summed E-state index contributed by atoms with van der Waals surface area (Å²) >= 11 is 6.05. The molecule has 138 valence electrons. The number of hydrogen-bond acceptors (Lipinski definition) is 7. The minimum atomic E-state index is -0.642. The highest BCUT2D eigenvalue weighted by atomic mass is 35.5. The number of benzene rings is 2. The van der Waals surface area contributed by atoms with E-state index in [1.54, 1.807) is 19.1 Å². The second-order valence-corrected chi connectivity index (χ2v) is 6.15. The fourth-order valence-corrected chi connectivity index (χ4v) is 2.72. The number of rotatable bonds is 4. The third-order valence-corrected chi connectivity index (χ3v) is 4.17. The first-order chi connectivity index (χ1) is 13.0. The number of carbonyl (C=O) groups is 1. The lowest BCUT2D eigenvalue weighted by Crippen LogP contribution is -2.05. The Bertz CT molecular complexity index is 1040. The van der Waals surface area contributed by atoms with Gasteiger partial charge in [0.15, 0.2) is 18.1 Å². The normalized spacial score (nSPS) is 12.3. The van der Waals surface area contributed by atoms with Crippen LogP contribution in [0.1, 0.15) is 21.8 Å². The van der Waals surface area contributed by atoms with Crippen molar-refractivity contribution >= 4 is 17.6 Å². The first-order valence-electron chi connectivity index (χ1n) is 7.86. The van der Waals surface area contributed by atoms with Crippen LogP contribution in [0.25, 0.3) is 11.4 Å². The fraction of sp³-hybridized carbons (Fsp3) is 0.167. The molecule has 4 rings (SSSR count). The number of halogens is 2. The molecule has 0 amide bonds. The minimum absolute atomic E-state index is 0.0396. The topological polar surface area (TPSA) is 83.7 Å². The van der Waals surface area contributed by atoms with Gasteiger partial charge in [0.05, 0.1) is 10.6 Å². The fourth-order valence-electron chi connectivity index (χ4n) is 2.46. The van der Waals surface area contributed by atoms with Crippen molar-refractivity contribution in [2.75, 3.05) is 6.79 Å². The number of aromatic nitrogens is 2. The van der Waals surface area contributed by atoms with Crippen LogP contribution >= 0.6 is 11.6 Å². The van der Waals surface area contributed by atoms with E-state index in [0.29, 0.717) is 22.6 Å². The molecule has 0 atom stereocenters. The first-order valence-corrected chi connectivity index (χ1v) is 8.24. The quantitative estimate of drug-likeness (QED) is 0.624. The van der Waals surface area contributed by atoms with Crippen LogP contribution in [0.3, 0.4) is 0 Å². The summed E-state index contributed by atoms with van der Waals surface area (Å²) in [6.45, 7) is 1.45. The SMILES string of the molecule is Cc1ccc(-c2noc(COC(=O)c3cc(Cl)c4c(c3)OCO4)n2)cc1F. The zero-order valence-corrected chi connectivity index (χ0v) is 14.7. The summed E-state index contributed by atoms with van der Waals surface area (Å²) in [6, 6.07) is 7.50. The van der Waals surface area contributed by atoms with Gasteiger partial charge in [-0.25, -0.2) is 9.18 Å². The lowest BCUT2D eigenvalue weighted by atomic mass is 10.1. The maximum atomic E-state index is 13.7. The van der Waals surface area contributed by atoms with Crippen LogP contribution in [0.5, 0.6) is 11.5 Å². The van der Waals surface area contributed by atoms with Crippen LogP contribution in [0.2, 0.25) is 5.02 Å². The Hall–Kier alpha value is -3.13. The zero-order chi connectivity index (χ0) is 19.0. The highest BCUT2D eigenvalue weighted by Gasteiger charge is 2.22. The molecule has 1 aromatic heterocycles. The van der Waals surface area contributed by atoms with Gasteiger partial charge in [0.1, 0.15) is 5.82 Å². The Morgan fingerprint density at radius 3 is 2.96 bits per heavy atom. The number of esters is 1. The molecule has 0 N–H and O–H groups in total. The predicted molar refractivity (Wildman–Crippen MR) is 91.1 cm³/mol. The largest absolute Gasteiger partial charge is 0.454 e. The van der Waals surface area contributed by atoms with Crippen molar-refractivity contribution in [3.63, 3.8) is 0 Å². The van der Waals surface area contributed by atoms with Gasteiger partial charge < -0.3 is 18.7 Å². The molecule has 1 aliphatic heterocycles. The summed E-state index contributed by atoms with van der Waals surface area (Å²) in [4.78, 5) is 16.3. The van der Waals surface area contributed by atoms with Crippen LogP contribution in [0.15, 0.2) is 34.9 Å². The molecule has 1 aliphatic rings. The molecule has 2 aromatic carbocycles. The molecular formula is C18H12ClFN2O5. The third kappa shape index (κ3) is 3.43. The molecule has 0 aliphatic carbocycles. The highest BCUT2D eigenvalue weighted by Crippen LogP contribution is 2.39. The molecule has 0 saturated heterocycles.